The highest BCUT2D eigenvalue weighted by Crippen LogP contribution is 2.34. The van der Waals surface area contributed by atoms with Crippen LogP contribution >= 0.6 is 15.9 Å². The van der Waals surface area contributed by atoms with Gasteiger partial charge in [0, 0.05) is 10.5 Å². The number of aryl methyl sites for hydroxylation is 1. The Kier molecular flexibility index (Phi) is 6.57. The average Bonchev–Trinajstić information content (AvgIpc) is 2.47. The molecule has 1 atom stereocenters. The fourth-order valence-electron chi connectivity index (χ4n) is 3.33. The van der Waals surface area contributed by atoms with Crippen LogP contribution in [0, 0.1) is 12.8 Å². The summed E-state index contributed by atoms with van der Waals surface area (Å²) in [5, 5.41) is 3.77. The van der Waals surface area contributed by atoms with Crippen LogP contribution in [0.2, 0.25) is 0 Å². The van der Waals surface area contributed by atoms with Crippen LogP contribution in [-0.4, -0.2) is 6.54 Å². The molecule has 0 saturated heterocycles. The maximum atomic E-state index is 3.77. The van der Waals surface area contributed by atoms with Crippen molar-refractivity contribution in [3.05, 3.63) is 33.8 Å². The van der Waals surface area contributed by atoms with E-state index < -0.39 is 0 Å². The van der Waals surface area contributed by atoms with Gasteiger partial charge in [-0.3, -0.25) is 0 Å². The Morgan fingerprint density at radius 3 is 2.70 bits per heavy atom. The normalized spacial score (nSPS) is 18.1. The third-order valence-corrected chi connectivity index (χ3v) is 5.18. The zero-order valence-corrected chi connectivity index (χ0v) is 14.5. The molecule has 1 N–H and O–H groups in total. The first-order valence-electron chi connectivity index (χ1n) is 8.20. The maximum absolute atomic E-state index is 3.77. The summed E-state index contributed by atoms with van der Waals surface area (Å²) in [6.45, 7) is 5.54. The molecule has 1 aromatic rings. The second kappa shape index (κ2) is 8.19. The highest BCUT2D eigenvalue weighted by Gasteiger charge is 2.21. The monoisotopic (exact) mass is 337 g/mol. The molecular formula is C18H28BrN. The van der Waals surface area contributed by atoms with Crippen LogP contribution in [0.1, 0.15) is 69.0 Å². The van der Waals surface area contributed by atoms with E-state index in [9.17, 15) is 0 Å². The minimum Gasteiger partial charge on any atom is -0.310 e. The summed E-state index contributed by atoms with van der Waals surface area (Å²) in [7, 11) is 0. The van der Waals surface area contributed by atoms with E-state index in [1.807, 2.05) is 0 Å². The van der Waals surface area contributed by atoms with Crippen molar-refractivity contribution in [1.29, 1.82) is 0 Å². The standard InChI is InChI=1S/C18H28BrN/c1-3-11-20-18(13-15-7-5-4-6-8-15)16-12-14(2)9-10-17(16)19/h9-10,12,15,18,20H,3-8,11,13H2,1-2H3. The van der Waals surface area contributed by atoms with Gasteiger partial charge in [0.2, 0.25) is 0 Å². The van der Waals surface area contributed by atoms with Gasteiger partial charge in [0.25, 0.3) is 0 Å². The molecule has 112 valence electrons. The van der Waals surface area contributed by atoms with Crippen LogP contribution in [0.4, 0.5) is 0 Å². The Bertz CT molecular complexity index is 410. The van der Waals surface area contributed by atoms with E-state index in [1.165, 1.54) is 60.5 Å². The van der Waals surface area contributed by atoms with E-state index in [1.54, 1.807) is 0 Å². The third kappa shape index (κ3) is 4.60. The van der Waals surface area contributed by atoms with E-state index in [0.29, 0.717) is 6.04 Å². The van der Waals surface area contributed by atoms with Crippen molar-refractivity contribution < 1.29 is 0 Å². The van der Waals surface area contributed by atoms with Crippen LogP contribution in [0.15, 0.2) is 22.7 Å². The minimum absolute atomic E-state index is 0.507. The summed E-state index contributed by atoms with van der Waals surface area (Å²) < 4.78 is 1.26. The fourth-order valence-corrected chi connectivity index (χ4v) is 3.85. The molecule has 1 aliphatic carbocycles. The van der Waals surface area contributed by atoms with Gasteiger partial charge in [0.15, 0.2) is 0 Å². The number of nitrogens with one attached hydrogen (secondary N) is 1. The fraction of sp³-hybridized carbons (Fsp3) is 0.667. The smallest absolute Gasteiger partial charge is 0.0334 e. The van der Waals surface area contributed by atoms with Crippen LogP contribution in [0.5, 0.6) is 0 Å². The highest BCUT2D eigenvalue weighted by molar-refractivity contribution is 9.10. The minimum atomic E-state index is 0.507. The molecule has 0 amide bonds. The van der Waals surface area contributed by atoms with Crippen LogP contribution < -0.4 is 5.32 Å². The lowest BCUT2D eigenvalue weighted by Crippen LogP contribution is -2.25. The lowest BCUT2D eigenvalue weighted by molar-refractivity contribution is 0.299. The number of hydrogen-bond donors (Lipinski definition) is 1. The summed E-state index contributed by atoms with van der Waals surface area (Å²) in [6, 6.07) is 7.24. The molecule has 1 aromatic carbocycles. The average molecular weight is 338 g/mol. The Hall–Kier alpha value is -0.340. The molecule has 0 bridgehead atoms. The van der Waals surface area contributed by atoms with E-state index in [0.717, 1.165) is 12.5 Å². The SMILES string of the molecule is CCCNC(CC1CCCCC1)c1cc(C)ccc1Br. The van der Waals surface area contributed by atoms with Crippen molar-refractivity contribution in [3.8, 4) is 0 Å². The predicted octanol–water partition coefficient (Wildman–Crippen LogP) is 5.77. The highest BCUT2D eigenvalue weighted by atomic mass is 79.9. The van der Waals surface area contributed by atoms with Crippen molar-refractivity contribution in [1.82, 2.24) is 5.32 Å². The summed E-state index contributed by atoms with van der Waals surface area (Å²) >= 11 is 3.75. The number of hydrogen-bond acceptors (Lipinski definition) is 1. The number of benzene rings is 1. The predicted molar refractivity (Wildman–Crippen MR) is 91.1 cm³/mol. The molecule has 2 rings (SSSR count). The van der Waals surface area contributed by atoms with Crippen molar-refractivity contribution in [2.24, 2.45) is 5.92 Å². The van der Waals surface area contributed by atoms with E-state index in [4.69, 9.17) is 0 Å². The molecule has 20 heavy (non-hydrogen) atoms. The van der Waals surface area contributed by atoms with Crippen LogP contribution in [0.25, 0.3) is 0 Å². The molecule has 0 aliphatic heterocycles. The zero-order chi connectivity index (χ0) is 14.4. The summed E-state index contributed by atoms with van der Waals surface area (Å²) in [5.41, 5.74) is 2.80. The summed E-state index contributed by atoms with van der Waals surface area (Å²) in [4.78, 5) is 0. The molecule has 1 aliphatic rings. The van der Waals surface area contributed by atoms with Crippen LogP contribution in [0.3, 0.4) is 0 Å². The largest absolute Gasteiger partial charge is 0.310 e. The van der Waals surface area contributed by atoms with Crippen LogP contribution in [-0.2, 0) is 0 Å². The third-order valence-electron chi connectivity index (χ3n) is 4.46. The molecule has 1 unspecified atom stereocenters. The lowest BCUT2D eigenvalue weighted by atomic mass is 9.83. The van der Waals surface area contributed by atoms with E-state index in [2.05, 4.69) is 53.3 Å². The van der Waals surface area contributed by atoms with Gasteiger partial charge in [0.05, 0.1) is 0 Å². The molecule has 0 spiro atoms. The molecule has 2 heteroatoms. The van der Waals surface area contributed by atoms with Crippen molar-refractivity contribution in [2.75, 3.05) is 6.54 Å². The van der Waals surface area contributed by atoms with Gasteiger partial charge in [-0.15, -0.1) is 0 Å². The molecule has 0 aromatic heterocycles. The number of rotatable bonds is 6. The first-order chi connectivity index (χ1) is 9.70. The molecule has 0 heterocycles. The lowest BCUT2D eigenvalue weighted by Gasteiger charge is -2.28. The van der Waals surface area contributed by atoms with Gasteiger partial charge in [-0.05, 0) is 43.9 Å². The summed E-state index contributed by atoms with van der Waals surface area (Å²) in [6.07, 6.45) is 9.64. The van der Waals surface area contributed by atoms with E-state index in [-0.39, 0.29) is 0 Å². The Morgan fingerprint density at radius 1 is 1.25 bits per heavy atom. The number of halogens is 1. The summed E-state index contributed by atoms with van der Waals surface area (Å²) in [5.74, 6) is 0.908. The van der Waals surface area contributed by atoms with Gasteiger partial charge in [-0.2, -0.15) is 0 Å². The zero-order valence-electron chi connectivity index (χ0n) is 12.9. The molecule has 1 saturated carbocycles. The molecular weight excluding hydrogens is 310 g/mol. The van der Waals surface area contributed by atoms with Gasteiger partial charge in [0.1, 0.15) is 0 Å². The topological polar surface area (TPSA) is 12.0 Å². The second-order valence-electron chi connectivity index (χ2n) is 6.27. The molecule has 1 nitrogen and oxygen atoms in total. The van der Waals surface area contributed by atoms with Gasteiger partial charge in [-0.25, -0.2) is 0 Å². The molecule has 0 radical (unpaired) electrons. The van der Waals surface area contributed by atoms with Gasteiger partial charge >= 0.3 is 0 Å². The van der Waals surface area contributed by atoms with Gasteiger partial charge < -0.3 is 5.32 Å². The quantitative estimate of drug-likeness (QED) is 0.694. The molecule has 1 fully saturated rings. The van der Waals surface area contributed by atoms with E-state index >= 15 is 0 Å². The first-order valence-corrected chi connectivity index (χ1v) is 8.99. The van der Waals surface area contributed by atoms with Gasteiger partial charge in [-0.1, -0.05) is 72.7 Å². The van der Waals surface area contributed by atoms with Crippen molar-refractivity contribution >= 4 is 15.9 Å². The Balaban J connectivity index is 2.10. The second-order valence-corrected chi connectivity index (χ2v) is 7.13. The first kappa shape index (κ1) is 16.0. The van der Waals surface area contributed by atoms with Crippen molar-refractivity contribution in [3.63, 3.8) is 0 Å². The Labute approximate surface area is 132 Å². The Morgan fingerprint density at radius 2 is 2.00 bits per heavy atom. The van der Waals surface area contributed by atoms with Crippen molar-refractivity contribution in [2.45, 2.75) is 64.8 Å². The maximum Gasteiger partial charge on any atom is 0.0334 e.